The van der Waals surface area contributed by atoms with Gasteiger partial charge in [-0.3, -0.25) is 4.79 Å². The number of carbonyl (C=O) groups excluding carboxylic acids is 1. The van der Waals surface area contributed by atoms with Crippen LogP contribution in [0.3, 0.4) is 0 Å². The van der Waals surface area contributed by atoms with Crippen molar-refractivity contribution in [3.05, 3.63) is 59.7 Å². The van der Waals surface area contributed by atoms with Crippen LogP contribution < -0.4 is 18.9 Å². The van der Waals surface area contributed by atoms with E-state index in [9.17, 15) is 4.79 Å². The number of rotatable bonds is 7. The summed E-state index contributed by atoms with van der Waals surface area (Å²) < 4.78 is 22.5. The molecular formula is C21H20O5. The van der Waals surface area contributed by atoms with Crippen LogP contribution in [-0.2, 0) is 6.61 Å². The van der Waals surface area contributed by atoms with Gasteiger partial charge in [0, 0.05) is 17.0 Å². The zero-order chi connectivity index (χ0) is 18.5. The first kappa shape index (κ1) is 17.6. The average Bonchev–Trinajstić information content (AvgIpc) is 2.71. The minimum absolute atomic E-state index is 0.393. The van der Waals surface area contributed by atoms with Gasteiger partial charge in [0.05, 0.1) is 26.7 Å². The molecule has 0 N–H and O–H groups in total. The summed E-state index contributed by atoms with van der Waals surface area (Å²) >= 11 is 0. The fraction of sp³-hybridized carbons (Fsp3) is 0.190. The molecule has 0 heterocycles. The molecule has 0 aliphatic heterocycles. The van der Waals surface area contributed by atoms with E-state index in [0.29, 0.717) is 40.6 Å². The van der Waals surface area contributed by atoms with E-state index >= 15 is 0 Å². The number of fused-ring (bicyclic) bond motifs is 1. The summed E-state index contributed by atoms with van der Waals surface area (Å²) in [7, 11) is 4.67. The summed E-state index contributed by atoms with van der Waals surface area (Å²) in [6.45, 7) is 0.393. The molecule has 0 aliphatic carbocycles. The number of methoxy groups -OCH3 is 3. The van der Waals surface area contributed by atoms with Gasteiger partial charge >= 0.3 is 0 Å². The van der Waals surface area contributed by atoms with Gasteiger partial charge in [0.15, 0.2) is 11.5 Å². The molecule has 0 fully saturated rings. The molecule has 0 atom stereocenters. The van der Waals surface area contributed by atoms with Crippen LogP contribution in [0, 0.1) is 0 Å². The van der Waals surface area contributed by atoms with E-state index < -0.39 is 0 Å². The van der Waals surface area contributed by atoms with Crippen molar-refractivity contribution < 1.29 is 23.7 Å². The first-order valence-electron chi connectivity index (χ1n) is 8.10. The van der Waals surface area contributed by atoms with Gasteiger partial charge in [-0.05, 0) is 17.7 Å². The highest BCUT2D eigenvalue weighted by atomic mass is 16.5. The first-order valence-corrected chi connectivity index (χ1v) is 8.10. The van der Waals surface area contributed by atoms with Crippen molar-refractivity contribution in [3.63, 3.8) is 0 Å². The average molecular weight is 352 g/mol. The van der Waals surface area contributed by atoms with Crippen molar-refractivity contribution >= 4 is 17.1 Å². The Hall–Kier alpha value is -3.21. The van der Waals surface area contributed by atoms with Gasteiger partial charge in [-0.2, -0.15) is 0 Å². The van der Waals surface area contributed by atoms with Crippen LogP contribution >= 0.6 is 0 Å². The van der Waals surface area contributed by atoms with Gasteiger partial charge in [0.2, 0.25) is 0 Å². The summed E-state index contributed by atoms with van der Waals surface area (Å²) in [5.41, 5.74) is 1.52. The van der Waals surface area contributed by atoms with Gasteiger partial charge in [0.1, 0.15) is 24.4 Å². The minimum Gasteiger partial charge on any atom is -0.496 e. The Labute approximate surface area is 152 Å². The normalized spacial score (nSPS) is 10.4. The summed E-state index contributed by atoms with van der Waals surface area (Å²) in [6, 6.07) is 15.0. The SMILES string of the molecule is COc1cc(OCc2ccccc2)c2c(OC)cc(C=O)cc2c1OC. The zero-order valence-electron chi connectivity index (χ0n) is 14.9. The molecule has 3 rings (SSSR count). The van der Waals surface area contributed by atoms with Crippen molar-refractivity contribution in [2.75, 3.05) is 21.3 Å². The van der Waals surface area contributed by atoms with E-state index in [1.165, 1.54) is 0 Å². The molecule has 26 heavy (non-hydrogen) atoms. The number of carbonyl (C=O) groups is 1. The quantitative estimate of drug-likeness (QED) is 0.595. The molecule has 3 aromatic carbocycles. The smallest absolute Gasteiger partial charge is 0.168 e. The van der Waals surface area contributed by atoms with Crippen molar-refractivity contribution in [1.29, 1.82) is 0 Å². The standard InChI is InChI=1S/C21H20O5/c1-23-17-10-15(12-22)9-16-20(17)18(11-19(24-2)21(16)25-3)26-13-14-7-5-4-6-8-14/h4-12H,13H2,1-3H3. The van der Waals surface area contributed by atoms with E-state index in [1.807, 2.05) is 30.3 Å². The maximum absolute atomic E-state index is 11.3. The lowest BCUT2D eigenvalue weighted by Gasteiger charge is -2.18. The first-order chi connectivity index (χ1) is 12.7. The molecular weight excluding hydrogens is 332 g/mol. The molecule has 0 amide bonds. The predicted molar refractivity (Wildman–Crippen MR) is 99.8 cm³/mol. The van der Waals surface area contributed by atoms with Crippen LogP contribution in [0.25, 0.3) is 10.8 Å². The Kier molecular flexibility index (Phi) is 5.27. The van der Waals surface area contributed by atoms with Gasteiger partial charge < -0.3 is 18.9 Å². The second-order valence-electron chi connectivity index (χ2n) is 5.65. The molecule has 0 spiro atoms. The topological polar surface area (TPSA) is 54.0 Å². The number of hydrogen-bond donors (Lipinski definition) is 0. The second kappa shape index (κ2) is 7.78. The number of benzene rings is 3. The summed E-state index contributed by atoms with van der Waals surface area (Å²) in [4.78, 5) is 11.3. The zero-order valence-corrected chi connectivity index (χ0v) is 14.9. The van der Waals surface area contributed by atoms with Crippen LogP contribution in [0.1, 0.15) is 15.9 Å². The van der Waals surface area contributed by atoms with Crippen LogP contribution in [-0.4, -0.2) is 27.6 Å². The van der Waals surface area contributed by atoms with E-state index in [-0.39, 0.29) is 0 Å². The molecule has 0 aliphatic rings. The number of hydrogen-bond acceptors (Lipinski definition) is 5. The Bertz CT molecular complexity index is 919. The largest absolute Gasteiger partial charge is 0.496 e. The van der Waals surface area contributed by atoms with E-state index in [1.54, 1.807) is 39.5 Å². The fourth-order valence-corrected chi connectivity index (χ4v) is 2.90. The molecule has 5 heteroatoms. The van der Waals surface area contributed by atoms with Crippen molar-refractivity contribution in [2.24, 2.45) is 0 Å². The van der Waals surface area contributed by atoms with Crippen molar-refractivity contribution in [1.82, 2.24) is 0 Å². The van der Waals surface area contributed by atoms with E-state index in [2.05, 4.69) is 0 Å². The van der Waals surface area contributed by atoms with Crippen molar-refractivity contribution in [2.45, 2.75) is 6.61 Å². The highest BCUT2D eigenvalue weighted by molar-refractivity contribution is 6.02. The lowest BCUT2D eigenvalue weighted by molar-refractivity contribution is 0.112. The summed E-state index contributed by atoms with van der Waals surface area (Å²) in [5, 5.41) is 1.42. The molecule has 0 saturated heterocycles. The van der Waals surface area contributed by atoms with Gasteiger partial charge in [-0.25, -0.2) is 0 Å². The number of aldehydes is 1. The predicted octanol–water partition coefficient (Wildman–Crippen LogP) is 4.26. The van der Waals surface area contributed by atoms with Gasteiger partial charge in [-0.1, -0.05) is 30.3 Å². The van der Waals surface area contributed by atoms with Crippen LogP contribution in [0.2, 0.25) is 0 Å². The molecule has 134 valence electrons. The molecule has 0 bridgehead atoms. The summed E-state index contributed by atoms with van der Waals surface area (Å²) in [6.07, 6.45) is 0.769. The maximum Gasteiger partial charge on any atom is 0.168 e. The molecule has 0 radical (unpaired) electrons. The van der Waals surface area contributed by atoms with Crippen LogP contribution in [0.15, 0.2) is 48.5 Å². The maximum atomic E-state index is 11.3. The summed E-state index contributed by atoms with van der Waals surface area (Å²) in [5.74, 6) is 2.18. The lowest BCUT2D eigenvalue weighted by Crippen LogP contribution is -2.00. The fourth-order valence-electron chi connectivity index (χ4n) is 2.90. The van der Waals surface area contributed by atoms with Crippen LogP contribution in [0.4, 0.5) is 0 Å². The minimum atomic E-state index is 0.393. The highest BCUT2D eigenvalue weighted by Gasteiger charge is 2.19. The van der Waals surface area contributed by atoms with E-state index in [0.717, 1.165) is 17.2 Å². The molecule has 5 nitrogen and oxygen atoms in total. The number of ether oxygens (including phenoxy) is 4. The third-order valence-corrected chi connectivity index (χ3v) is 4.12. The third kappa shape index (κ3) is 3.28. The lowest BCUT2D eigenvalue weighted by atomic mass is 10.0. The van der Waals surface area contributed by atoms with Crippen LogP contribution in [0.5, 0.6) is 23.0 Å². The van der Waals surface area contributed by atoms with Crippen molar-refractivity contribution in [3.8, 4) is 23.0 Å². The Morgan fingerprint density at radius 1 is 0.846 bits per heavy atom. The van der Waals surface area contributed by atoms with Gasteiger partial charge in [-0.15, -0.1) is 0 Å². The third-order valence-electron chi connectivity index (χ3n) is 4.12. The highest BCUT2D eigenvalue weighted by Crippen LogP contribution is 2.45. The molecule has 0 unspecified atom stereocenters. The Balaban J connectivity index is 2.18. The monoisotopic (exact) mass is 352 g/mol. The molecule has 3 aromatic rings. The van der Waals surface area contributed by atoms with Gasteiger partial charge in [0.25, 0.3) is 0 Å². The Morgan fingerprint density at radius 2 is 1.58 bits per heavy atom. The molecule has 0 aromatic heterocycles. The van der Waals surface area contributed by atoms with E-state index in [4.69, 9.17) is 18.9 Å². The second-order valence-corrected chi connectivity index (χ2v) is 5.65. The Morgan fingerprint density at radius 3 is 2.19 bits per heavy atom. The molecule has 0 saturated carbocycles.